The van der Waals surface area contributed by atoms with Crippen LogP contribution in [0.15, 0.2) is 53.8 Å². The average molecular weight is 417 g/mol. The van der Waals surface area contributed by atoms with Crippen molar-refractivity contribution in [2.24, 2.45) is 10.8 Å². The van der Waals surface area contributed by atoms with Gasteiger partial charge in [-0.1, -0.05) is 70.2 Å². The number of fused-ring (bicyclic) bond motifs is 1. The van der Waals surface area contributed by atoms with E-state index in [0.29, 0.717) is 24.2 Å². The van der Waals surface area contributed by atoms with Crippen molar-refractivity contribution in [3.8, 4) is 0 Å². The maximum atomic E-state index is 13.7. The van der Waals surface area contributed by atoms with Crippen molar-refractivity contribution in [3.05, 3.63) is 59.4 Å². The number of hydrogen-bond donors (Lipinski definition) is 0. The molecule has 1 fully saturated rings. The topological polar surface area (TPSA) is 60.4 Å². The lowest BCUT2D eigenvalue weighted by Crippen LogP contribution is -2.57. The highest BCUT2D eigenvalue weighted by atomic mass is 16.5. The zero-order valence-electron chi connectivity index (χ0n) is 18.6. The van der Waals surface area contributed by atoms with Gasteiger partial charge < -0.3 is 4.74 Å². The van der Waals surface area contributed by atoms with E-state index in [1.807, 2.05) is 70.2 Å². The number of ether oxygens (including phenoxy) is 1. The Hall–Kier alpha value is -2.75. The molecule has 0 aromatic heterocycles. The Morgan fingerprint density at radius 1 is 0.774 bits per heavy atom. The molecule has 0 N–H and O–H groups in total. The number of ketones is 3. The van der Waals surface area contributed by atoms with Crippen LogP contribution in [0.2, 0.25) is 0 Å². The second kappa shape index (κ2) is 6.38. The lowest BCUT2D eigenvalue weighted by atomic mass is 9.61. The summed E-state index contributed by atoms with van der Waals surface area (Å²) >= 11 is 0. The second-order valence-corrected chi connectivity index (χ2v) is 11.0. The van der Waals surface area contributed by atoms with Crippen LogP contribution in [0.4, 0.5) is 0 Å². The summed E-state index contributed by atoms with van der Waals surface area (Å²) < 4.78 is 6.39. The first-order valence-electron chi connectivity index (χ1n) is 11.0. The molecule has 2 aliphatic carbocycles. The maximum absolute atomic E-state index is 13.7. The molecule has 4 nitrogen and oxygen atoms in total. The Bertz CT molecular complexity index is 1160. The highest BCUT2D eigenvalue weighted by Gasteiger charge is 2.65. The van der Waals surface area contributed by atoms with Gasteiger partial charge in [0.1, 0.15) is 5.76 Å². The molecular weight excluding hydrogens is 388 g/mol. The molecule has 3 aliphatic rings. The van der Waals surface area contributed by atoms with Gasteiger partial charge in [-0.15, -0.1) is 0 Å². The molecule has 2 aromatic rings. The van der Waals surface area contributed by atoms with Gasteiger partial charge >= 0.3 is 0 Å². The monoisotopic (exact) mass is 416 g/mol. The van der Waals surface area contributed by atoms with Crippen molar-refractivity contribution in [2.45, 2.75) is 64.9 Å². The van der Waals surface area contributed by atoms with Crippen LogP contribution in [-0.4, -0.2) is 23.0 Å². The van der Waals surface area contributed by atoms with E-state index in [2.05, 4.69) is 0 Å². The van der Waals surface area contributed by atoms with Gasteiger partial charge in [0, 0.05) is 31.3 Å². The van der Waals surface area contributed by atoms with Gasteiger partial charge in [-0.25, -0.2) is 0 Å². The lowest BCUT2D eigenvalue weighted by Gasteiger charge is -2.41. The lowest BCUT2D eigenvalue weighted by molar-refractivity contribution is -0.160. The minimum absolute atomic E-state index is 0.00788. The van der Waals surface area contributed by atoms with Gasteiger partial charge in [0.25, 0.3) is 0 Å². The molecular formula is C27H28O4. The van der Waals surface area contributed by atoms with Crippen molar-refractivity contribution in [3.63, 3.8) is 0 Å². The van der Waals surface area contributed by atoms with E-state index in [-0.39, 0.29) is 35.6 Å². The Morgan fingerprint density at radius 3 is 2.10 bits per heavy atom. The van der Waals surface area contributed by atoms with E-state index in [9.17, 15) is 14.4 Å². The normalized spacial score (nSPS) is 26.3. The molecule has 0 saturated heterocycles. The predicted octanol–water partition coefficient (Wildman–Crippen LogP) is 5.29. The molecule has 160 valence electrons. The molecule has 1 atom stereocenters. The van der Waals surface area contributed by atoms with Crippen molar-refractivity contribution in [1.29, 1.82) is 0 Å². The quantitative estimate of drug-likeness (QED) is 0.593. The smallest absolute Gasteiger partial charge is 0.234 e. The molecule has 0 unspecified atom stereocenters. The van der Waals surface area contributed by atoms with Crippen molar-refractivity contribution < 1.29 is 19.1 Å². The van der Waals surface area contributed by atoms with Gasteiger partial charge in [0.2, 0.25) is 5.60 Å². The number of carbonyl (C=O) groups excluding carboxylic acids is 3. The summed E-state index contributed by atoms with van der Waals surface area (Å²) in [5.41, 5.74) is -0.918. The Morgan fingerprint density at radius 2 is 1.39 bits per heavy atom. The third kappa shape index (κ3) is 2.91. The SMILES string of the molecule is CC1(C)CC(=O)C2(OC3=C(C(=O)CC(C)(C)C3)[C@@H]2c2cccc3ccccc23)C(=O)C1. The summed E-state index contributed by atoms with van der Waals surface area (Å²) in [5, 5.41) is 1.97. The van der Waals surface area contributed by atoms with Crippen LogP contribution in [0.1, 0.15) is 64.9 Å². The standard InChI is InChI=1S/C27H28O4/c1-25(2)12-19(28)23-20(13-25)31-27(21(29)14-26(3,4)15-22(27)30)24(23)18-11-7-9-16-8-5-6-10-17(16)18/h5-11,24H,12-15H2,1-4H3/t24-/m0/s1. The molecule has 2 aromatic carbocycles. The van der Waals surface area contributed by atoms with Crippen molar-refractivity contribution in [2.75, 3.05) is 0 Å². The molecule has 4 heteroatoms. The zero-order chi connectivity index (χ0) is 22.2. The van der Waals surface area contributed by atoms with Crippen LogP contribution in [0.5, 0.6) is 0 Å². The van der Waals surface area contributed by atoms with E-state index in [4.69, 9.17) is 4.74 Å². The van der Waals surface area contributed by atoms with Gasteiger partial charge in [-0.2, -0.15) is 0 Å². The molecule has 1 saturated carbocycles. The number of benzene rings is 2. The number of allylic oxidation sites excluding steroid dienone is 1. The fourth-order valence-corrected chi connectivity index (χ4v) is 5.81. The van der Waals surface area contributed by atoms with Crippen LogP contribution in [0.3, 0.4) is 0 Å². The summed E-state index contributed by atoms with van der Waals surface area (Å²) in [7, 11) is 0. The summed E-state index contributed by atoms with van der Waals surface area (Å²) in [6.45, 7) is 7.95. The van der Waals surface area contributed by atoms with Gasteiger partial charge in [-0.05, 0) is 27.2 Å². The number of Topliss-reactive ketones (excluding diaryl/α,β-unsaturated/α-hetero) is 3. The van der Waals surface area contributed by atoms with E-state index < -0.39 is 16.9 Å². The maximum Gasteiger partial charge on any atom is 0.234 e. The number of rotatable bonds is 1. The molecule has 0 bridgehead atoms. The largest absolute Gasteiger partial charge is 0.474 e. The van der Waals surface area contributed by atoms with Crippen molar-refractivity contribution >= 4 is 28.1 Å². The third-order valence-electron chi connectivity index (χ3n) is 7.10. The summed E-state index contributed by atoms with van der Waals surface area (Å²) in [5.74, 6) is -0.557. The first kappa shape index (κ1) is 20.2. The van der Waals surface area contributed by atoms with E-state index >= 15 is 0 Å². The highest BCUT2D eigenvalue weighted by Crippen LogP contribution is 2.57. The fourth-order valence-electron chi connectivity index (χ4n) is 5.81. The van der Waals surface area contributed by atoms with Crippen LogP contribution in [0, 0.1) is 10.8 Å². The van der Waals surface area contributed by atoms with Crippen LogP contribution >= 0.6 is 0 Å². The highest BCUT2D eigenvalue weighted by molar-refractivity contribution is 6.17. The second-order valence-electron chi connectivity index (χ2n) is 11.0. The molecule has 0 amide bonds. The van der Waals surface area contributed by atoms with E-state index in [0.717, 1.165) is 16.3 Å². The molecule has 0 radical (unpaired) electrons. The zero-order valence-corrected chi connectivity index (χ0v) is 18.6. The number of hydrogen-bond acceptors (Lipinski definition) is 4. The Kier molecular flexibility index (Phi) is 4.15. The molecule has 1 aliphatic heterocycles. The molecule has 1 spiro atoms. The van der Waals surface area contributed by atoms with Crippen LogP contribution < -0.4 is 0 Å². The minimum atomic E-state index is -1.62. The van der Waals surface area contributed by atoms with Crippen LogP contribution in [-0.2, 0) is 19.1 Å². The summed E-state index contributed by atoms with van der Waals surface area (Å²) in [4.78, 5) is 40.8. The van der Waals surface area contributed by atoms with E-state index in [1.165, 1.54) is 0 Å². The van der Waals surface area contributed by atoms with E-state index in [1.54, 1.807) is 0 Å². The van der Waals surface area contributed by atoms with Crippen LogP contribution in [0.25, 0.3) is 10.8 Å². The summed E-state index contributed by atoms with van der Waals surface area (Å²) in [6, 6.07) is 13.8. The molecule has 31 heavy (non-hydrogen) atoms. The average Bonchev–Trinajstić information content (AvgIpc) is 3.00. The first-order valence-corrected chi connectivity index (χ1v) is 11.0. The summed E-state index contributed by atoms with van der Waals surface area (Å²) in [6.07, 6.45) is 1.47. The van der Waals surface area contributed by atoms with Gasteiger partial charge in [-0.3, -0.25) is 14.4 Å². The fraction of sp³-hybridized carbons (Fsp3) is 0.444. The van der Waals surface area contributed by atoms with Gasteiger partial charge in [0.15, 0.2) is 17.3 Å². The minimum Gasteiger partial charge on any atom is -0.474 e. The number of carbonyl (C=O) groups is 3. The Balaban J connectivity index is 1.78. The van der Waals surface area contributed by atoms with Gasteiger partial charge in [0.05, 0.1) is 5.92 Å². The molecule has 1 heterocycles. The Labute approximate surface area is 182 Å². The third-order valence-corrected chi connectivity index (χ3v) is 7.10. The van der Waals surface area contributed by atoms with Crippen molar-refractivity contribution in [1.82, 2.24) is 0 Å². The first-order chi connectivity index (χ1) is 14.5. The predicted molar refractivity (Wildman–Crippen MR) is 119 cm³/mol. The molecule has 5 rings (SSSR count).